The lowest BCUT2D eigenvalue weighted by Gasteiger charge is -2.36. The summed E-state index contributed by atoms with van der Waals surface area (Å²) in [4.78, 5) is 15.8. The van der Waals surface area contributed by atoms with E-state index in [9.17, 15) is 13.2 Å². The molecule has 9 heteroatoms. The molecule has 20 heavy (non-hydrogen) atoms. The van der Waals surface area contributed by atoms with Gasteiger partial charge in [0.05, 0.1) is 0 Å². The first kappa shape index (κ1) is 15.6. The lowest BCUT2D eigenvalue weighted by Crippen LogP contribution is -2.59. The van der Waals surface area contributed by atoms with Gasteiger partial charge in [0.1, 0.15) is 6.04 Å². The second kappa shape index (κ2) is 6.35. The maximum atomic E-state index is 12.3. The number of carboxylic acids is 1. The average molecular weight is 306 g/mol. The second-order valence-corrected chi connectivity index (χ2v) is 6.95. The summed E-state index contributed by atoms with van der Waals surface area (Å²) in [7, 11) is -1.80. The average Bonchev–Trinajstić information content (AvgIpc) is 2.41. The van der Waals surface area contributed by atoms with Crippen LogP contribution in [0, 0.1) is 0 Å². The summed E-state index contributed by atoms with van der Waals surface area (Å²) in [6.45, 7) is 3.03. The number of carbonyl (C=O) groups is 1. The maximum absolute atomic E-state index is 12.3. The van der Waals surface area contributed by atoms with E-state index in [1.54, 1.807) is 5.01 Å². The Labute approximate surface area is 119 Å². The molecular weight excluding hydrogens is 284 g/mol. The van der Waals surface area contributed by atoms with Gasteiger partial charge in [0, 0.05) is 32.7 Å². The highest BCUT2D eigenvalue weighted by molar-refractivity contribution is 7.87. The van der Waals surface area contributed by atoms with E-state index in [2.05, 4.69) is 9.73 Å². The molecule has 0 amide bonds. The van der Waals surface area contributed by atoms with Crippen LogP contribution in [0.5, 0.6) is 0 Å². The first-order valence-electron chi connectivity index (χ1n) is 6.85. The van der Waals surface area contributed by atoms with Crippen LogP contribution < -0.4 is 4.83 Å². The molecule has 1 atom stereocenters. The smallest absolute Gasteiger partial charge is 0.322 e. The topological polar surface area (TPSA) is 93.2 Å². The standard InChI is InChI=1S/C11H22N4O4S/c1-13-6-8-14(9-7-13)12-20(18,19)15-5-3-2-4-10(15)11(16)17/h10,12H,2-9H2,1H3,(H,16,17). The number of likely N-dealkylation sites (N-methyl/N-ethyl adjacent to an activating group) is 1. The van der Waals surface area contributed by atoms with Crippen LogP contribution in [0.2, 0.25) is 0 Å². The third-order valence-corrected chi connectivity index (χ3v) is 5.34. The Morgan fingerprint density at radius 2 is 1.80 bits per heavy atom. The molecule has 0 aromatic carbocycles. The van der Waals surface area contributed by atoms with Crippen LogP contribution >= 0.6 is 0 Å². The van der Waals surface area contributed by atoms with Crippen molar-refractivity contribution in [2.45, 2.75) is 25.3 Å². The quantitative estimate of drug-likeness (QED) is 0.686. The zero-order chi connectivity index (χ0) is 14.8. The summed E-state index contributed by atoms with van der Waals surface area (Å²) >= 11 is 0. The van der Waals surface area contributed by atoms with Gasteiger partial charge in [-0.1, -0.05) is 0 Å². The molecule has 0 aromatic rings. The predicted octanol–water partition coefficient (Wildman–Crippen LogP) is -1.08. The largest absolute Gasteiger partial charge is 0.480 e. The summed E-state index contributed by atoms with van der Waals surface area (Å²) in [6, 6.07) is -0.950. The Balaban J connectivity index is 2.02. The van der Waals surface area contributed by atoms with E-state index in [0.29, 0.717) is 25.9 Å². The van der Waals surface area contributed by atoms with Crippen LogP contribution in [0.15, 0.2) is 0 Å². The van der Waals surface area contributed by atoms with Gasteiger partial charge >= 0.3 is 5.97 Å². The van der Waals surface area contributed by atoms with Crippen molar-refractivity contribution in [3.05, 3.63) is 0 Å². The maximum Gasteiger partial charge on any atom is 0.322 e. The van der Waals surface area contributed by atoms with Crippen LogP contribution in [0.25, 0.3) is 0 Å². The van der Waals surface area contributed by atoms with Crippen molar-refractivity contribution in [2.24, 2.45) is 0 Å². The number of hydrogen-bond acceptors (Lipinski definition) is 5. The van der Waals surface area contributed by atoms with Crippen molar-refractivity contribution in [3.8, 4) is 0 Å². The molecule has 2 fully saturated rings. The van der Waals surface area contributed by atoms with Gasteiger partial charge in [0.25, 0.3) is 10.2 Å². The molecule has 2 heterocycles. The van der Waals surface area contributed by atoms with E-state index >= 15 is 0 Å². The number of piperidine rings is 1. The number of piperazine rings is 1. The van der Waals surface area contributed by atoms with Crippen LogP contribution in [-0.4, -0.2) is 79.5 Å². The number of nitrogens with zero attached hydrogens (tertiary/aromatic N) is 3. The zero-order valence-corrected chi connectivity index (χ0v) is 12.5. The van der Waals surface area contributed by atoms with Gasteiger partial charge in [-0.2, -0.15) is 12.7 Å². The minimum absolute atomic E-state index is 0.264. The molecule has 0 spiro atoms. The van der Waals surface area contributed by atoms with Crippen molar-refractivity contribution in [2.75, 3.05) is 39.8 Å². The Morgan fingerprint density at radius 3 is 2.40 bits per heavy atom. The fraction of sp³-hybridized carbons (Fsp3) is 0.909. The molecule has 2 aliphatic heterocycles. The number of aliphatic carboxylic acids is 1. The Bertz CT molecular complexity index is 447. The van der Waals surface area contributed by atoms with Crippen LogP contribution in [0.4, 0.5) is 0 Å². The van der Waals surface area contributed by atoms with Crippen molar-refractivity contribution in [1.82, 2.24) is 19.0 Å². The SMILES string of the molecule is CN1CCN(NS(=O)(=O)N2CCCCC2C(=O)O)CC1. The lowest BCUT2D eigenvalue weighted by atomic mass is 10.1. The molecule has 0 saturated carbocycles. The van der Waals surface area contributed by atoms with Gasteiger partial charge < -0.3 is 10.0 Å². The third kappa shape index (κ3) is 3.67. The predicted molar refractivity (Wildman–Crippen MR) is 73.1 cm³/mol. The first-order valence-corrected chi connectivity index (χ1v) is 8.29. The van der Waals surface area contributed by atoms with E-state index in [1.807, 2.05) is 7.05 Å². The summed E-state index contributed by atoms with van der Waals surface area (Å²) in [5, 5.41) is 10.8. The van der Waals surface area contributed by atoms with E-state index < -0.39 is 22.2 Å². The molecule has 8 nitrogen and oxygen atoms in total. The molecule has 0 radical (unpaired) electrons. The summed E-state index contributed by atoms with van der Waals surface area (Å²) in [6.07, 6.45) is 1.82. The summed E-state index contributed by atoms with van der Waals surface area (Å²) < 4.78 is 25.8. The Hall–Kier alpha value is -0.740. The summed E-state index contributed by atoms with van der Waals surface area (Å²) in [5.41, 5.74) is 0. The zero-order valence-electron chi connectivity index (χ0n) is 11.7. The molecule has 116 valence electrons. The lowest BCUT2D eigenvalue weighted by molar-refractivity contribution is -0.142. The van der Waals surface area contributed by atoms with Gasteiger partial charge in [0.15, 0.2) is 0 Å². The normalized spacial score (nSPS) is 27.6. The second-order valence-electron chi connectivity index (χ2n) is 5.35. The van der Waals surface area contributed by atoms with Crippen molar-refractivity contribution < 1.29 is 18.3 Å². The van der Waals surface area contributed by atoms with Gasteiger partial charge in [-0.05, 0) is 26.3 Å². The van der Waals surface area contributed by atoms with E-state index in [4.69, 9.17) is 5.11 Å². The number of nitrogens with one attached hydrogen (secondary N) is 1. The van der Waals surface area contributed by atoms with Crippen LogP contribution in [0.1, 0.15) is 19.3 Å². The summed E-state index contributed by atoms with van der Waals surface area (Å²) in [5.74, 6) is -1.08. The Morgan fingerprint density at radius 1 is 1.15 bits per heavy atom. The minimum Gasteiger partial charge on any atom is -0.480 e. The Kier molecular flexibility index (Phi) is 4.97. The molecule has 2 saturated heterocycles. The van der Waals surface area contributed by atoms with E-state index in [-0.39, 0.29) is 6.54 Å². The highest BCUT2D eigenvalue weighted by Crippen LogP contribution is 2.20. The molecular formula is C11H22N4O4S. The van der Waals surface area contributed by atoms with E-state index in [1.165, 1.54) is 0 Å². The molecule has 2 N–H and O–H groups in total. The molecule has 0 bridgehead atoms. The third-order valence-electron chi connectivity index (χ3n) is 3.80. The van der Waals surface area contributed by atoms with Gasteiger partial charge in [-0.25, -0.2) is 5.01 Å². The van der Waals surface area contributed by atoms with Crippen LogP contribution in [0.3, 0.4) is 0 Å². The number of rotatable bonds is 4. The van der Waals surface area contributed by atoms with E-state index in [0.717, 1.165) is 23.8 Å². The van der Waals surface area contributed by atoms with Crippen LogP contribution in [-0.2, 0) is 15.0 Å². The van der Waals surface area contributed by atoms with Gasteiger partial charge in [0.2, 0.25) is 0 Å². The minimum atomic E-state index is -3.78. The number of hydrogen-bond donors (Lipinski definition) is 2. The van der Waals surface area contributed by atoms with Crippen molar-refractivity contribution in [1.29, 1.82) is 0 Å². The monoisotopic (exact) mass is 306 g/mol. The van der Waals surface area contributed by atoms with Gasteiger partial charge in [-0.3, -0.25) is 4.79 Å². The first-order chi connectivity index (χ1) is 9.40. The highest BCUT2D eigenvalue weighted by atomic mass is 32.2. The molecule has 2 aliphatic rings. The highest BCUT2D eigenvalue weighted by Gasteiger charge is 2.37. The van der Waals surface area contributed by atoms with Gasteiger partial charge in [-0.15, -0.1) is 4.83 Å². The fourth-order valence-corrected chi connectivity index (χ4v) is 4.07. The molecule has 2 rings (SSSR count). The number of carboxylic acid groups (broad SMARTS) is 1. The fourth-order valence-electron chi connectivity index (χ4n) is 2.55. The molecule has 0 aromatic heterocycles. The van der Waals surface area contributed by atoms with Crippen molar-refractivity contribution in [3.63, 3.8) is 0 Å². The molecule has 1 unspecified atom stereocenters. The number of hydrazine groups is 1. The molecule has 0 aliphatic carbocycles. The van der Waals surface area contributed by atoms with Crippen molar-refractivity contribution >= 4 is 16.2 Å².